The van der Waals surface area contributed by atoms with Crippen molar-refractivity contribution in [2.24, 2.45) is 11.8 Å². The molecule has 1 aliphatic heterocycles. The van der Waals surface area contributed by atoms with Gasteiger partial charge < -0.3 is 9.84 Å². The number of carboxylic acids is 1. The fourth-order valence-corrected chi connectivity index (χ4v) is 4.20. The molecule has 2 atom stereocenters. The number of carbonyl (C=O) groups is 2. The van der Waals surface area contributed by atoms with E-state index < -0.39 is 27.9 Å². The summed E-state index contributed by atoms with van der Waals surface area (Å²) in [4.78, 5) is 22.8. The van der Waals surface area contributed by atoms with Crippen LogP contribution >= 0.6 is 0 Å². The summed E-state index contributed by atoms with van der Waals surface area (Å²) >= 11 is 0. The number of nitrogens with zero attached hydrogens (tertiary/aromatic N) is 1. The molecule has 0 aliphatic carbocycles. The summed E-state index contributed by atoms with van der Waals surface area (Å²) in [5.41, 5.74) is 0.148. The number of rotatable bonds is 5. The molecule has 0 aromatic heterocycles. The molecule has 0 saturated carbocycles. The SMILES string of the molecule is CCOC(=O)c1cccc(S(=O)(=O)N2C[C@@H](C)[C@H](C(=O)O)C2)c1. The van der Waals surface area contributed by atoms with Crippen LogP contribution in [0.3, 0.4) is 0 Å². The first-order valence-corrected chi connectivity index (χ1v) is 8.71. The van der Waals surface area contributed by atoms with E-state index in [0.717, 1.165) is 4.31 Å². The molecule has 0 unspecified atom stereocenters. The zero-order chi connectivity index (χ0) is 17.2. The van der Waals surface area contributed by atoms with Crippen LogP contribution in [0.2, 0.25) is 0 Å². The third-order valence-corrected chi connectivity index (χ3v) is 5.71. The van der Waals surface area contributed by atoms with Crippen molar-refractivity contribution in [2.75, 3.05) is 19.7 Å². The van der Waals surface area contributed by atoms with E-state index in [9.17, 15) is 18.0 Å². The van der Waals surface area contributed by atoms with Gasteiger partial charge in [0, 0.05) is 13.1 Å². The summed E-state index contributed by atoms with van der Waals surface area (Å²) in [6.07, 6.45) is 0. The Morgan fingerprint density at radius 3 is 2.61 bits per heavy atom. The molecular formula is C15H19NO6S. The van der Waals surface area contributed by atoms with E-state index in [1.807, 2.05) is 0 Å². The highest BCUT2D eigenvalue weighted by molar-refractivity contribution is 7.89. The molecule has 2 rings (SSSR count). The van der Waals surface area contributed by atoms with E-state index in [1.54, 1.807) is 13.8 Å². The Labute approximate surface area is 134 Å². The highest BCUT2D eigenvalue weighted by Gasteiger charge is 2.40. The number of benzene rings is 1. The van der Waals surface area contributed by atoms with Gasteiger partial charge in [0.05, 0.1) is 23.0 Å². The number of hydrogen-bond donors (Lipinski definition) is 1. The van der Waals surface area contributed by atoms with Gasteiger partial charge in [-0.15, -0.1) is 0 Å². The lowest BCUT2D eigenvalue weighted by atomic mass is 9.99. The van der Waals surface area contributed by atoms with Crippen molar-refractivity contribution in [1.82, 2.24) is 4.31 Å². The Bertz CT molecular complexity index is 714. The third-order valence-electron chi connectivity index (χ3n) is 3.88. The van der Waals surface area contributed by atoms with Gasteiger partial charge in [0.25, 0.3) is 0 Å². The summed E-state index contributed by atoms with van der Waals surface area (Å²) in [6, 6.07) is 5.58. The minimum atomic E-state index is -3.85. The van der Waals surface area contributed by atoms with Crippen molar-refractivity contribution in [2.45, 2.75) is 18.7 Å². The highest BCUT2D eigenvalue weighted by atomic mass is 32.2. The monoisotopic (exact) mass is 341 g/mol. The van der Waals surface area contributed by atoms with Gasteiger partial charge in [-0.1, -0.05) is 13.0 Å². The molecule has 1 saturated heterocycles. The standard InChI is InChI=1S/C15H19NO6S/c1-3-22-15(19)11-5-4-6-12(7-11)23(20,21)16-8-10(2)13(9-16)14(17)18/h4-7,10,13H,3,8-9H2,1-2H3,(H,17,18)/t10-,13-/m1/s1. The third kappa shape index (κ3) is 3.53. The normalized spacial score (nSPS) is 22.0. The molecule has 1 aromatic rings. The summed E-state index contributed by atoms with van der Waals surface area (Å²) in [5.74, 6) is -2.59. The van der Waals surface area contributed by atoms with Crippen LogP contribution in [0.5, 0.6) is 0 Å². The van der Waals surface area contributed by atoms with Crippen LogP contribution in [0.4, 0.5) is 0 Å². The number of aliphatic carboxylic acids is 1. The van der Waals surface area contributed by atoms with Crippen LogP contribution in [-0.4, -0.2) is 49.5 Å². The topological polar surface area (TPSA) is 101 Å². The van der Waals surface area contributed by atoms with Crippen LogP contribution in [0.1, 0.15) is 24.2 Å². The molecular weight excluding hydrogens is 322 g/mol. The lowest BCUT2D eigenvalue weighted by molar-refractivity contribution is -0.142. The molecule has 7 nitrogen and oxygen atoms in total. The van der Waals surface area contributed by atoms with E-state index in [-0.39, 0.29) is 36.1 Å². The number of hydrogen-bond acceptors (Lipinski definition) is 5. The first-order chi connectivity index (χ1) is 10.8. The van der Waals surface area contributed by atoms with Gasteiger partial charge in [-0.2, -0.15) is 4.31 Å². The van der Waals surface area contributed by atoms with E-state index in [0.29, 0.717) is 0 Å². The van der Waals surface area contributed by atoms with Gasteiger partial charge in [-0.25, -0.2) is 13.2 Å². The largest absolute Gasteiger partial charge is 0.481 e. The molecule has 0 spiro atoms. The van der Waals surface area contributed by atoms with E-state index in [1.165, 1.54) is 24.3 Å². The maximum Gasteiger partial charge on any atom is 0.338 e. The van der Waals surface area contributed by atoms with Crippen LogP contribution in [0.15, 0.2) is 29.2 Å². The molecule has 1 heterocycles. The summed E-state index contributed by atoms with van der Waals surface area (Å²) in [5, 5.41) is 9.13. The number of ether oxygens (including phenoxy) is 1. The molecule has 0 bridgehead atoms. The van der Waals surface area contributed by atoms with Gasteiger partial charge in [-0.3, -0.25) is 4.79 Å². The van der Waals surface area contributed by atoms with Crippen molar-refractivity contribution in [3.63, 3.8) is 0 Å². The maximum absolute atomic E-state index is 12.7. The minimum absolute atomic E-state index is 0.0405. The highest BCUT2D eigenvalue weighted by Crippen LogP contribution is 2.29. The summed E-state index contributed by atoms with van der Waals surface area (Å²) in [6.45, 7) is 3.64. The van der Waals surface area contributed by atoms with Gasteiger partial charge >= 0.3 is 11.9 Å². The average molecular weight is 341 g/mol. The van der Waals surface area contributed by atoms with Gasteiger partial charge in [-0.05, 0) is 31.0 Å². The molecule has 1 fully saturated rings. The fraction of sp³-hybridized carbons (Fsp3) is 0.467. The molecule has 1 aliphatic rings. The molecule has 1 N–H and O–H groups in total. The van der Waals surface area contributed by atoms with Crippen LogP contribution in [-0.2, 0) is 19.6 Å². The predicted octanol–water partition coefficient (Wildman–Crippen LogP) is 1.20. The van der Waals surface area contributed by atoms with Crippen LogP contribution < -0.4 is 0 Å². The predicted molar refractivity (Wildman–Crippen MR) is 81.4 cm³/mol. The quantitative estimate of drug-likeness (QED) is 0.808. The van der Waals surface area contributed by atoms with Crippen molar-refractivity contribution < 1.29 is 27.9 Å². The van der Waals surface area contributed by atoms with Gasteiger partial charge in [0.15, 0.2) is 0 Å². The Balaban J connectivity index is 2.29. The van der Waals surface area contributed by atoms with Gasteiger partial charge in [0.1, 0.15) is 0 Å². The minimum Gasteiger partial charge on any atom is -0.481 e. The van der Waals surface area contributed by atoms with Crippen LogP contribution in [0.25, 0.3) is 0 Å². The second-order valence-corrected chi connectivity index (χ2v) is 7.43. The summed E-state index contributed by atoms with van der Waals surface area (Å²) < 4.78 is 31.3. The number of esters is 1. The van der Waals surface area contributed by atoms with Gasteiger partial charge in [0.2, 0.25) is 10.0 Å². The lowest BCUT2D eigenvalue weighted by Crippen LogP contribution is -2.30. The molecule has 0 radical (unpaired) electrons. The molecule has 23 heavy (non-hydrogen) atoms. The smallest absolute Gasteiger partial charge is 0.338 e. The second kappa shape index (κ2) is 6.67. The van der Waals surface area contributed by atoms with Crippen molar-refractivity contribution >= 4 is 22.0 Å². The zero-order valence-electron chi connectivity index (χ0n) is 12.9. The molecule has 1 aromatic carbocycles. The Kier molecular flexibility index (Phi) is 5.06. The maximum atomic E-state index is 12.7. The van der Waals surface area contributed by atoms with Crippen molar-refractivity contribution in [3.05, 3.63) is 29.8 Å². The Morgan fingerprint density at radius 1 is 1.35 bits per heavy atom. The fourth-order valence-electron chi connectivity index (χ4n) is 2.59. The van der Waals surface area contributed by atoms with Crippen LogP contribution in [0, 0.1) is 11.8 Å². The Hall–Kier alpha value is -1.93. The van der Waals surface area contributed by atoms with E-state index in [2.05, 4.69) is 0 Å². The first-order valence-electron chi connectivity index (χ1n) is 7.27. The lowest BCUT2D eigenvalue weighted by Gasteiger charge is -2.16. The number of carbonyl (C=O) groups excluding carboxylic acids is 1. The average Bonchev–Trinajstić information content (AvgIpc) is 2.90. The number of sulfonamides is 1. The van der Waals surface area contributed by atoms with E-state index >= 15 is 0 Å². The van der Waals surface area contributed by atoms with E-state index in [4.69, 9.17) is 9.84 Å². The second-order valence-electron chi connectivity index (χ2n) is 5.49. The van der Waals surface area contributed by atoms with Crippen molar-refractivity contribution in [3.8, 4) is 0 Å². The summed E-state index contributed by atoms with van der Waals surface area (Å²) in [7, 11) is -3.85. The van der Waals surface area contributed by atoms with Crippen molar-refractivity contribution in [1.29, 1.82) is 0 Å². The number of carboxylic acid groups (broad SMARTS) is 1. The first kappa shape index (κ1) is 17.4. The zero-order valence-corrected chi connectivity index (χ0v) is 13.7. The molecule has 0 amide bonds. The Morgan fingerprint density at radius 2 is 2.04 bits per heavy atom. The molecule has 126 valence electrons. The molecule has 8 heteroatoms.